The highest BCUT2D eigenvalue weighted by molar-refractivity contribution is 7.82. The van der Waals surface area contributed by atoms with Crippen molar-refractivity contribution in [2.45, 2.75) is 6.04 Å². The number of nitrogens with zero attached hydrogens (tertiary/aromatic N) is 1. The van der Waals surface area contributed by atoms with Crippen LogP contribution in [0.25, 0.3) is 0 Å². The number of hydrogen-bond acceptors (Lipinski definition) is 14. The molecule has 1 aliphatic carbocycles. The molecular formula is C24H25NO12S. The van der Waals surface area contributed by atoms with Gasteiger partial charge in [-0.25, -0.2) is 28.8 Å². The fourth-order valence-electron chi connectivity index (χ4n) is 4.10. The monoisotopic (exact) mass is 551 g/mol. The van der Waals surface area contributed by atoms with Gasteiger partial charge >= 0.3 is 35.8 Å². The number of esters is 6. The molecule has 0 aromatic heterocycles. The fourth-order valence-corrected chi connectivity index (χ4v) is 4.39. The topological polar surface area (TPSA) is 161 Å². The number of ether oxygens (including phenoxy) is 6. The number of carbonyl (C=O) groups is 6. The summed E-state index contributed by atoms with van der Waals surface area (Å²) in [4.78, 5) is 77.3. The van der Waals surface area contributed by atoms with Crippen molar-refractivity contribution in [1.82, 2.24) is 4.90 Å². The molecule has 2 atom stereocenters. The van der Waals surface area contributed by atoms with Crippen LogP contribution in [0.3, 0.4) is 0 Å². The van der Waals surface area contributed by atoms with Crippen LogP contribution in [-0.4, -0.2) is 101 Å². The lowest BCUT2D eigenvalue weighted by atomic mass is 9.65. The molecule has 0 spiro atoms. The third-order valence-corrected chi connectivity index (χ3v) is 6.18. The summed E-state index contributed by atoms with van der Waals surface area (Å²) in [5.41, 5.74) is -1.93. The number of fused-ring (bicyclic) bond motifs is 1. The summed E-state index contributed by atoms with van der Waals surface area (Å²) in [6, 6.07) is -1.07. The molecule has 1 aliphatic heterocycles. The minimum Gasteiger partial charge on any atom is -0.466 e. The van der Waals surface area contributed by atoms with Gasteiger partial charge in [0.05, 0.1) is 76.6 Å². The predicted molar refractivity (Wildman–Crippen MR) is 130 cm³/mol. The number of methoxy groups -OCH3 is 6. The predicted octanol–water partition coefficient (Wildman–Crippen LogP) is -0.258. The first-order chi connectivity index (χ1) is 17.9. The zero-order chi connectivity index (χ0) is 28.9. The number of carbonyl (C=O) groups excluding carboxylic acids is 6. The van der Waals surface area contributed by atoms with Gasteiger partial charge in [-0.05, 0) is 11.6 Å². The van der Waals surface area contributed by atoms with Crippen LogP contribution in [0.2, 0.25) is 0 Å². The highest BCUT2D eigenvalue weighted by atomic mass is 32.1. The van der Waals surface area contributed by atoms with Gasteiger partial charge < -0.3 is 33.3 Å². The maximum atomic E-state index is 13.0. The Morgan fingerprint density at radius 3 is 1.63 bits per heavy atom. The van der Waals surface area contributed by atoms with Gasteiger partial charge in [0.1, 0.15) is 4.86 Å². The molecule has 2 unspecified atom stereocenters. The maximum Gasteiger partial charge on any atom is 0.349 e. The normalized spacial score (nSPS) is 22.3. The Morgan fingerprint density at radius 2 is 1.16 bits per heavy atom. The summed E-state index contributed by atoms with van der Waals surface area (Å²) >= 11 is 5.19. The summed E-state index contributed by atoms with van der Waals surface area (Å²) in [7, 11) is 7.75. The SMILES string of the molecule is COC(=O)C(=S)\C(C(=O)OC)=C1/C=C(C(=O)OC)\C(C(=O)OC)=C/N(C)C2C(C(=O)OC)=C(C(=O)OC)C12. The molecule has 14 heteroatoms. The van der Waals surface area contributed by atoms with Crippen LogP contribution >= 0.6 is 12.2 Å². The minimum absolute atomic E-state index is 0.159. The molecule has 2 rings (SSSR count). The van der Waals surface area contributed by atoms with E-state index in [0.29, 0.717) is 0 Å². The molecule has 0 saturated heterocycles. The van der Waals surface area contributed by atoms with E-state index in [0.717, 1.165) is 48.7 Å². The van der Waals surface area contributed by atoms with E-state index in [1.54, 1.807) is 0 Å². The van der Waals surface area contributed by atoms with Crippen LogP contribution in [0.1, 0.15) is 0 Å². The first kappa shape index (κ1) is 29.9. The minimum atomic E-state index is -1.21. The average Bonchev–Trinajstić information content (AvgIpc) is 2.91. The van der Waals surface area contributed by atoms with Gasteiger partial charge in [0.2, 0.25) is 0 Å². The van der Waals surface area contributed by atoms with Crippen LogP contribution in [0, 0.1) is 5.92 Å². The molecule has 0 fully saturated rings. The van der Waals surface area contributed by atoms with Crippen molar-refractivity contribution in [3.8, 4) is 0 Å². The summed E-state index contributed by atoms with van der Waals surface area (Å²) in [5.74, 6) is -7.32. The number of allylic oxidation sites excluding steroid dienone is 1. The van der Waals surface area contributed by atoms with Crippen molar-refractivity contribution < 1.29 is 57.2 Å². The van der Waals surface area contributed by atoms with Gasteiger partial charge in [0.15, 0.2) is 0 Å². The van der Waals surface area contributed by atoms with E-state index in [2.05, 4.69) is 4.74 Å². The Bertz CT molecular complexity index is 1240. The summed E-state index contributed by atoms with van der Waals surface area (Å²) in [6.45, 7) is 0. The van der Waals surface area contributed by atoms with Crippen LogP contribution in [0.15, 0.2) is 45.7 Å². The number of thiocarbonyl (C=S) groups is 1. The van der Waals surface area contributed by atoms with Gasteiger partial charge in [-0.2, -0.15) is 0 Å². The van der Waals surface area contributed by atoms with Gasteiger partial charge in [0.25, 0.3) is 0 Å². The first-order valence-corrected chi connectivity index (χ1v) is 11.0. The quantitative estimate of drug-likeness (QED) is 0.176. The van der Waals surface area contributed by atoms with E-state index in [9.17, 15) is 28.8 Å². The fraction of sp³-hybridized carbons (Fsp3) is 0.375. The molecule has 2 aliphatic rings. The molecule has 38 heavy (non-hydrogen) atoms. The van der Waals surface area contributed by atoms with Crippen LogP contribution in [0.5, 0.6) is 0 Å². The van der Waals surface area contributed by atoms with E-state index < -0.39 is 63.8 Å². The van der Waals surface area contributed by atoms with Crippen LogP contribution in [-0.2, 0) is 57.2 Å². The van der Waals surface area contributed by atoms with E-state index in [1.165, 1.54) is 18.1 Å². The van der Waals surface area contributed by atoms with Crippen molar-refractivity contribution in [2.75, 3.05) is 49.7 Å². The Morgan fingerprint density at radius 1 is 0.684 bits per heavy atom. The van der Waals surface area contributed by atoms with E-state index >= 15 is 0 Å². The number of rotatable bonds is 7. The zero-order valence-electron chi connectivity index (χ0n) is 21.6. The zero-order valence-corrected chi connectivity index (χ0v) is 22.4. The summed E-state index contributed by atoms with van der Waals surface area (Å²) < 4.78 is 28.9. The van der Waals surface area contributed by atoms with Gasteiger partial charge in [-0.15, -0.1) is 0 Å². The van der Waals surface area contributed by atoms with E-state index in [-0.39, 0.29) is 22.3 Å². The molecule has 0 saturated carbocycles. The van der Waals surface area contributed by atoms with Gasteiger partial charge in [-0.1, -0.05) is 12.2 Å². The maximum absolute atomic E-state index is 13.0. The molecule has 0 aromatic carbocycles. The van der Waals surface area contributed by atoms with Crippen molar-refractivity contribution in [1.29, 1.82) is 0 Å². The molecule has 0 aromatic rings. The third-order valence-electron chi connectivity index (χ3n) is 5.81. The Hall–Kier alpha value is -4.33. The Balaban J connectivity index is 3.21. The summed E-state index contributed by atoms with van der Waals surface area (Å²) in [6.07, 6.45) is 2.24. The van der Waals surface area contributed by atoms with Crippen LogP contribution in [0.4, 0.5) is 0 Å². The molecule has 0 N–H and O–H groups in total. The molecule has 0 bridgehead atoms. The lowest BCUT2D eigenvalue weighted by molar-refractivity contribution is -0.142. The standard InChI is InChI=1S/C24H25NO12S/c1-25-9-12(20(27)33-3)10(19(26)32-2)8-11(14(21(28)34-4)18(38)24(31)37-7)13-15(22(29)35-5)16(17(13)25)23(30)36-6/h8-9,13,17H,1-7H3/b10-8+,12-9+,14-11-. The lowest BCUT2D eigenvalue weighted by Crippen LogP contribution is -2.52. The molecule has 0 radical (unpaired) electrons. The number of likely N-dealkylation sites (N-methyl/N-ethyl adjacent to an activating group) is 1. The highest BCUT2D eigenvalue weighted by Crippen LogP contribution is 2.47. The van der Waals surface area contributed by atoms with Crippen molar-refractivity contribution in [3.05, 3.63) is 45.7 Å². The second-order valence-electron chi connectivity index (χ2n) is 7.63. The van der Waals surface area contributed by atoms with Crippen molar-refractivity contribution >= 4 is 52.9 Å². The molecule has 0 amide bonds. The average molecular weight is 552 g/mol. The van der Waals surface area contributed by atoms with Crippen molar-refractivity contribution in [2.24, 2.45) is 5.92 Å². The number of hydrogen-bond donors (Lipinski definition) is 0. The molecular weight excluding hydrogens is 526 g/mol. The smallest absolute Gasteiger partial charge is 0.349 e. The van der Waals surface area contributed by atoms with Crippen molar-refractivity contribution in [3.63, 3.8) is 0 Å². The Labute approximate surface area is 222 Å². The summed E-state index contributed by atoms with van der Waals surface area (Å²) in [5, 5.41) is 0. The van der Waals surface area contributed by atoms with Gasteiger partial charge in [-0.3, -0.25) is 0 Å². The highest BCUT2D eigenvalue weighted by Gasteiger charge is 2.53. The second-order valence-corrected chi connectivity index (χ2v) is 8.03. The lowest BCUT2D eigenvalue weighted by Gasteiger charge is -2.45. The molecule has 1 heterocycles. The van der Waals surface area contributed by atoms with Crippen LogP contribution < -0.4 is 0 Å². The first-order valence-electron chi connectivity index (χ1n) is 10.6. The third kappa shape index (κ3) is 5.20. The molecule has 204 valence electrons. The molecule has 13 nitrogen and oxygen atoms in total. The van der Waals surface area contributed by atoms with E-state index in [4.69, 9.17) is 35.9 Å². The van der Waals surface area contributed by atoms with Gasteiger partial charge in [0, 0.05) is 19.2 Å². The Kier molecular flexibility index (Phi) is 9.66. The second kappa shape index (κ2) is 12.3. The van der Waals surface area contributed by atoms with E-state index in [1.807, 2.05) is 0 Å². The largest absolute Gasteiger partial charge is 0.466 e.